The molecule has 2 aromatic carbocycles. The highest BCUT2D eigenvalue weighted by Crippen LogP contribution is 2.26. The molecule has 32 heavy (non-hydrogen) atoms. The van der Waals surface area contributed by atoms with Crippen molar-refractivity contribution < 1.29 is 9.47 Å². The molecule has 2 aliphatic rings. The van der Waals surface area contributed by atoms with E-state index in [1.54, 1.807) is 18.1 Å². The lowest BCUT2D eigenvalue weighted by molar-refractivity contribution is -0.0660. The maximum atomic E-state index is 5.35. The third kappa shape index (κ3) is 4.48. The number of rotatable bonds is 7. The summed E-state index contributed by atoms with van der Waals surface area (Å²) >= 11 is 0. The van der Waals surface area contributed by atoms with Gasteiger partial charge in [-0.3, -0.25) is 4.90 Å². The highest BCUT2D eigenvalue weighted by atomic mass is 16.5. The summed E-state index contributed by atoms with van der Waals surface area (Å²) in [5.41, 5.74) is 5.48. The zero-order valence-corrected chi connectivity index (χ0v) is 18.7. The molecule has 0 spiro atoms. The summed E-state index contributed by atoms with van der Waals surface area (Å²) in [6.07, 6.45) is 1.73. The van der Waals surface area contributed by atoms with Crippen molar-refractivity contribution in [1.29, 1.82) is 0 Å². The Morgan fingerprint density at radius 1 is 1.09 bits per heavy atom. The number of benzene rings is 2. The van der Waals surface area contributed by atoms with Gasteiger partial charge in [-0.15, -0.1) is 5.10 Å². The van der Waals surface area contributed by atoms with Crippen molar-refractivity contribution in [1.82, 2.24) is 19.7 Å². The van der Waals surface area contributed by atoms with E-state index in [9.17, 15) is 0 Å². The van der Waals surface area contributed by atoms with Crippen LogP contribution in [0.5, 0.6) is 0 Å². The average Bonchev–Trinajstić information content (AvgIpc) is 3.21. The average molecular weight is 435 g/mol. The minimum atomic E-state index is 0.529. The van der Waals surface area contributed by atoms with E-state index in [-0.39, 0.29) is 0 Å². The van der Waals surface area contributed by atoms with E-state index in [1.807, 2.05) is 24.3 Å². The van der Waals surface area contributed by atoms with Gasteiger partial charge < -0.3 is 19.7 Å². The quantitative estimate of drug-likeness (QED) is 0.613. The van der Waals surface area contributed by atoms with Crippen molar-refractivity contribution >= 4 is 17.3 Å². The summed E-state index contributed by atoms with van der Waals surface area (Å²) in [6, 6.07) is 15.2. The van der Waals surface area contributed by atoms with Gasteiger partial charge in [0.05, 0.1) is 31.5 Å². The first-order chi connectivity index (χ1) is 15.7. The van der Waals surface area contributed by atoms with Crippen LogP contribution >= 0.6 is 0 Å². The lowest BCUT2D eigenvalue weighted by atomic mass is 10.1. The van der Waals surface area contributed by atoms with E-state index in [2.05, 4.69) is 50.3 Å². The Morgan fingerprint density at radius 3 is 2.66 bits per heavy atom. The minimum Gasteiger partial charge on any atom is -0.380 e. The second-order valence-electron chi connectivity index (χ2n) is 8.47. The molecule has 2 fully saturated rings. The van der Waals surface area contributed by atoms with E-state index in [0.29, 0.717) is 18.6 Å². The van der Waals surface area contributed by atoms with Crippen LogP contribution in [0.15, 0.2) is 48.8 Å². The van der Waals surface area contributed by atoms with Crippen LogP contribution in [0.25, 0.3) is 5.69 Å². The Hall–Kier alpha value is -2.94. The summed E-state index contributed by atoms with van der Waals surface area (Å²) in [5, 5.41) is 8.03. The minimum absolute atomic E-state index is 0.529. The van der Waals surface area contributed by atoms with Crippen molar-refractivity contribution in [3.63, 3.8) is 0 Å². The van der Waals surface area contributed by atoms with Gasteiger partial charge in [0.25, 0.3) is 0 Å². The molecule has 3 heterocycles. The summed E-state index contributed by atoms with van der Waals surface area (Å²) in [7, 11) is 1.70. The van der Waals surface area contributed by atoms with Crippen LogP contribution in [0.2, 0.25) is 0 Å². The van der Waals surface area contributed by atoms with Gasteiger partial charge >= 0.3 is 0 Å². The summed E-state index contributed by atoms with van der Waals surface area (Å²) in [5.74, 6) is 0.573. The topological polar surface area (TPSA) is 67.7 Å². The number of aromatic nitrogens is 3. The monoisotopic (exact) mass is 434 g/mol. The molecule has 2 aliphatic heterocycles. The molecule has 3 aromatic rings. The number of para-hydroxylation sites is 1. The molecule has 0 amide bonds. The Balaban J connectivity index is 1.29. The van der Waals surface area contributed by atoms with E-state index in [0.717, 1.165) is 56.3 Å². The molecule has 0 unspecified atom stereocenters. The maximum Gasteiger partial charge on any atom is 0.246 e. The predicted octanol–water partition coefficient (Wildman–Crippen LogP) is 2.99. The third-order valence-corrected chi connectivity index (χ3v) is 6.16. The lowest BCUT2D eigenvalue weighted by Crippen LogP contribution is -2.56. The predicted molar refractivity (Wildman–Crippen MR) is 125 cm³/mol. The standard InChI is InChI=1S/C24H30N6O2/c1-18-11-20(13-21(12-18)28-7-9-29(10-8-28)22-15-32-16-22)26-24-25-17-30(27-24)23-6-4-3-5-19(23)14-31-2/h3-6,11-13,17,22H,7-10,14-16H2,1-2H3,(H,26,27). The molecule has 0 atom stereocenters. The van der Waals surface area contributed by atoms with Crippen LogP contribution < -0.4 is 10.2 Å². The SMILES string of the molecule is COCc1ccccc1-n1cnc(Nc2cc(C)cc(N3CCN(C4COC4)CC3)c2)n1. The van der Waals surface area contributed by atoms with Gasteiger partial charge in [0.1, 0.15) is 6.33 Å². The van der Waals surface area contributed by atoms with Gasteiger partial charge in [0, 0.05) is 50.2 Å². The molecule has 2 saturated heterocycles. The summed E-state index contributed by atoms with van der Waals surface area (Å²) in [6.45, 7) is 8.65. The number of nitrogens with one attached hydrogen (secondary N) is 1. The van der Waals surface area contributed by atoms with Crippen molar-refractivity contribution in [2.24, 2.45) is 0 Å². The van der Waals surface area contributed by atoms with Gasteiger partial charge in [-0.25, -0.2) is 4.68 Å². The fraction of sp³-hybridized carbons (Fsp3) is 0.417. The molecule has 168 valence electrons. The molecule has 8 heteroatoms. The molecule has 5 rings (SSSR count). The first kappa shape index (κ1) is 20.9. The van der Waals surface area contributed by atoms with Crippen molar-refractivity contribution in [2.45, 2.75) is 19.6 Å². The maximum absolute atomic E-state index is 5.35. The molecule has 0 aliphatic carbocycles. The lowest BCUT2D eigenvalue weighted by Gasteiger charge is -2.43. The molecule has 8 nitrogen and oxygen atoms in total. The number of aryl methyl sites for hydroxylation is 1. The molecule has 0 bridgehead atoms. The van der Waals surface area contributed by atoms with Crippen LogP contribution in [-0.4, -0.2) is 72.2 Å². The number of anilines is 3. The van der Waals surface area contributed by atoms with Crippen LogP contribution in [0.1, 0.15) is 11.1 Å². The Labute approximate surface area is 188 Å². The van der Waals surface area contributed by atoms with E-state index < -0.39 is 0 Å². The highest BCUT2D eigenvalue weighted by Gasteiger charge is 2.29. The number of methoxy groups -OCH3 is 1. The van der Waals surface area contributed by atoms with Crippen LogP contribution in [-0.2, 0) is 16.1 Å². The Bertz CT molecular complexity index is 1060. The molecular formula is C24H30N6O2. The van der Waals surface area contributed by atoms with E-state index in [1.165, 1.54) is 11.3 Å². The van der Waals surface area contributed by atoms with Crippen molar-refractivity contribution in [3.05, 3.63) is 59.9 Å². The molecule has 0 saturated carbocycles. The second-order valence-corrected chi connectivity index (χ2v) is 8.47. The van der Waals surface area contributed by atoms with E-state index in [4.69, 9.17) is 9.47 Å². The van der Waals surface area contributed by atoms with Gasteiger partial charge in [-0.2, -0.15) is 4.98 Å². The van der Waals surface area contributed by atoms with Crippen molar-refractivity contribution in [3.8, 4) is 5.69 Å². The fourth-order valence-electron chi connectivity index (χ4n) is 4.37. The zero-order chi connectivity index (χ0) is 21.9. The number of hydrogen-bond acceptors (Lipinski definition) is 7. The summed E-state index contributed by atoms with van der Waals surface area (Å²) < 4.78 is 12.5. The van der Waals surface area contributed by atoms with Gasteiger partial charge in [-0.05, 0) is 36.8 Å². The molecule has 0 radical (unpaired) electrons. The fourth-order valence-corrected chi connectivity index (χ4v) is 4.37. The first-order valence-electron chi connectivity index (χ1n) is 11.1. The van der Waals surface area contributed by atoms with Gasteiger partial charge in [-0.1, -0.05) is 18.2 Å². The van der Waals surface area contributed by atoms with Gasteiger partial charge in [0.15, 0.2) is 0 Å². The Morgan fingerprint density at radius 2 is 1.91 bits per heavy atom. The third-order valence-electron chi connectivity index (χ3n) is 6.16. The van der Waals surface area contributed by atoms with Crippen LogP contribution in [0, 0.1) is 6.92 Å². The molecule has 1 aromatic heterocycles. The van der Waals surface area contributed by atoms with Crippen molar-refractivity contribution in [2.75, 3.05) is 56.7 Å². The van der Waals surface area contributed by atoms with Gasteiger partial charge in [0.2, 0.25) is 5.95 Å². The largest absolute Gasteiger partial charge is 0.380 e. The first-order valence-corrected chi connectivity index (χ1v) is 11.1. The zero-order valence-electron chi connectivity index (χ0n) is 18.7. The van der Waals surface area contributed by atoms with E-state index >= 15 is 0 Å². The number of ether oxygens (including phenoxy) is 2. The number of piperazine rings is 1. The van der Waals surface area contributed by atoms with Crippen LogP contribution in [0.3, 0.4) is 0 Å². The number of hydrogen-bond donors (Lipinski definition) is 1. The van der Waals surface area contributed by atoms with Crippen LogP contribution in [0.4, 0.5) is 17.3 Å². The highest BCUT2D eigenvalue weighted by molar-refractivity contribution is 5.64. The smallest absolute Gasteiger partial charge is 0.246 e. The Kier molecular flexibility index (Phi) is 6.07. The summed E-state index contributed by atoms with van der Waals surface area (Å²) in [4.78, 5) is 9.48. The molecular weight excluding hydrogens is 404 g/mol. The normalized spacial score (nSPS) is 17.4. The number of nitrogens with zero attached hydrogens (tertiary/aromatic N) is 5. The molecule has 1 N–H and O–H groups in total. The second kappa shape index (κ2) is 9.28.